The Balaban J connectivity index is 1.85. The lowest BCUT2D eigenvalue weighted by Crippen LogP contribution is -2.69. The van der Waals surface area contributed by atoms with Gasteiger partial charge in [-0.05, 0) is 37.2 Å². The Bertz CT molecular complexity index is 835. The Labute approximate surface area is 174 Å². The molecule has 30 heavy (non-hydrogen) atoms. The topological polar surface area (TPSA) is 127 Å². The zero-order chi connectivity index (χ0) is 22.1. The summed E-state index contributed by atoms with van der Waals surface area (Å²) >= 11 is 0. The number of allylic oxidation sites excluding steroid dienone is 1. The average molecular weight is 420 g/mol. The molecule has 0 aromatic rings. The number of aliphatic hydroxyl groups is 2. The van der Waals surface area contributed by atoms with Crippen molar-refractivity contribution in [2.75, 3.05) is 13.2 Å². The van der Waals surface area contributed by atoms with E-state index >= 15 is 0 Å². The van der Waals surface area contributed by atoms with E-state index < -0.39 is 58.0 Å². The molecular weight excluding hydrogens is 392 g/mol. The zero-order valence-corrected chi connectivity index (χ0v) is 17.3. The van der Waals surface area contributed by atoms with Crippen LogP contribution in [0.1, 0.15) is 39.5 Å². The number of ether oxygens (including phenoxy) is 2. The SMILES string of the molecule is C=C1C(=O)[C@]23C[C@H]1C[C@@H](O)[C@H]2[C@@]1(CC[C@H](O)[C@@](C)(COC(C)=O)[C@H]1C=O)COC3=O. The van der Waals surface area contributed by atoms with Crippen molar-refractivity contribution in [1.29, 1.82) is 0 Å². The number of cyclic esters (lactones) is 1. The Morgan fingerprint density at radius 1 is 1.37 bits per heavy atom. The van der Waals surface area contributed by atoms with Gasteiger partial charge in [-0.15, -0.1) is 0 Å². The van der Waals surface area contributed by atoms with Crippen molar-refractivity contribution in [2.24, 2.45) is 34.0 Å². The summed E-state index contributed by atoms with van der Waals surface area (Å²) in [5.74, 6) is -3.62. The van der Waals surface area contributed by atoms with E-state index in [0.717, 1.165) is 0 Å². The molecule has 1 aliphatic heterocycles. The van der Waals surface area contributed by atoms with Crippen LogP contribution >= 0.6 is 0 Å². The van der Waals surface area contributed by atoms with Crippen molar-refractivity contribution in [1.82, 2.24) is 0 Å². The lowest BCUT2D eigenvalue weighted by Gasteiger charge is -2.61. The largest absolute Gasteiger partial charge is 0.465 e. The number of ketones is 1. The van der Waals surface area contributed by atoms with Gasteiger partial charge in [0.1, 0.15) is 11.7 Å². The second-order valence-corrected chi connectivity index (χ2v) is 9.77. The van der Waals surface area contributed by atoms with Gasteiger partial charge in [0.25, 0.3) is 0 Å². The van der Waals surface area contributed by atoms with Crippen molar-refractivity contribution in [3.8, 4) is 0 Å². The van der Waals surface area contributed by atoms with Crippen LogP contribution in [-0.4, -0.2) is 59.6 Å². The first-order chi connectivity index (χ1) is 14.0. The number of aldehydes is 1. The number of hydrogen-bond acceptors (Lipinski definition) is 8. The second-order valence-electron chi connectivity index (χ2n) is 9.77. The van der Waals surface area contributed by atoms with Crippen LogP contribution in [0.4, 0.5) is 0 Å². The van der Waals surface area contributed by atoms with Gasteiger partial charge in [-0.1, -0.05) is 13.5 Å². The van der Waals surface area contributed by atoms with Gasteiger partial charge >= 0.3 is 11.9 Å². The Morgan fingerprint density at radius 2 is 2.07 bits per heavy atom. The molecule has 0 unspecified atom stereocenters. The molecule has 4 aliphatic rings. The molecule has 3 saturated carbocycles. The number of fused-ring (bicyclic) bond motifs is 2. The number of carbonyl (C=O) groups is 4. The summed E-state index contributed by atoms with van der Waals surface area (Å²) in [6.45, 7) is 6.44. The first-order valence-corrected chi connectivity index (χ1v) is 10.4. The lowest BCUT2D eigenvalue weighted by atomic mass is 9.43. The van der Waals surface area contributed by atoms with Gasteiger partial charge in [0.15, 0.2) is 5.78 Å². The van der Waals surface area contributed by atoms with Crippen molar-refractivity contribution < 1.29 is 38.9 Å². The van der Waals surface area contributed by atoms with E-state index in [1.165, 1.54) is 6.92 Å². The minimum Gasteiger partial charge on any atom is -0.465 e. The Kier molecular flexibility index (Phi) is 4.74. The molecule has 2 N–H and O–H groups in total. The van der Waals surface area contributed by atoms with Crippen LogP contribution in [0.3, 0.4) is 0 Å². The van der Waals surface area contributed by atoms with Crippen LogP contribution in [0.5, 0.6) is 0 Å². The highest BCUT2D eigenvalue weighted by molar-refractivity contribution is 6.15. The van der Waals surface area contributed by atoms with Crippen LogP contribution in [-0.2, 0) is 28.7 Å². The fourth-order valence-corrected chi connectivity index (χ4v) is 6.92. The summed E-state index contributed by atoms with van der Waals surface area (Å²) in [4.78, 5) is 50.1. The predicted molar refractivity (Wildman–Crippen MR) is 102 cm³/mol. The lowest BCUT2D eigenvalue weighted by molar-refractivity contribution is -0.240. The number of hydrogen-bond donors (Lipinski definition) is 2. The summed E-state index contributed by atoms with van der Waals surface area (Å²) in [5.41, 5.74) is -3.42. The summed E-state index contributed by atoms with van der Waals surface area (Å²) < 4.78 is 10.7. The smallest absolute Gasteiger partial charge is 0.320 e. The van der Waals surface area contributed by atoms with Crippen molar-refractivity contribution in [3.05, 3.63) is 12.2 Å². The van der Waals surface area contributed by atoms with E-state index in [2.05, 4.69) is 6.58 Å². The normalized spacial score (nSPS) is 47.6. The van der Waals surface area contributed by atoms with Gasteiger partial charge in [0, 0.05) is 29.6 Å². The van der Waals surface area contributed by atoms with E-state index in [0.29, 0.717) is 24.7 Å². The highest BCUT2D eigenvalue weighted by atomic mass is 16.5. The molecule has 2 bridgehead atoms. The molecule has 8 atom stereocenters. The minimum absolute atomic E-state index is 0.133. The maximum atomic E-state index is 13.2. The molecule has 8 nitrogen and oxygen atoms in total. The third-order valence-electron chi connectivity index (χ3n) is 8.35. The first kappa shape index (κ1) is 21.2. The fraction of sp³-hybridized carbons (Fsp3) is 0.727. The van der Waals surface area contributed by atoms with Crippen LogP contribution in [0, 0.1) is 34.0 Å². The second kappa shape index (κ2) is 6.72. The predicted octanol–water partition coefficient (Wildman–Crippen LogP) is 0.581. The van der Waals surface area contributed by atoms with E-state index in [1.807, 2.05) is 0 Å². The van der Waals surface area contributed by atoms with E-state index in [9.17, 15) is 29.4 Å². The van der Waals surface area contributed by atoms with Gasteiger partial charge in [0.05, 0.1) is 25.4 Å². The van der Waals surface area contributed by atoms with Crippen LogP contribution in [0.25, 0.3) is 0 Å². The van der Waals surface area contributed by atoms with E-state index in [1.54, 1.807) is 6.92 Å². The van der Waals surface area contributed by atoms with Gasteiger partial charge in [-0.2, -0.15) is 0 Å². The van der Waals surface area contributed by atoms with E-state index in [4.69, 9.17) is 9.47 Å². The van der Waals surface area contributed by atoms with Gasteiger partial charge in [0.2, 0.25) is 0 Å². The molecule has 4 fully saturated rings. The quantitative estimate of drug-likeness (QED) is 0.294. The maximum Gasteiger partial charge on any atom is 0.320 e. The number of Topliss-reactive ketones (excluding diaryl/α,β-unsaturated/α-hetero) is 1. The number of esters is 2. The zero-order valence-electron chi connectivity index (χ0n) is 17.3. The highest BCUT2D eigenvalue weighted by Gasteiger charge is 2.75. The van der Waals surface area contributed by atoms with Crippen molar-refractivity contribution >= 4 is 24.0 Å². The summed E-state index contributed by atoms with van der Waals surface area (Å²) in [6.07, 6.45) is -0.148. The Hall–Kier alpha value is -2.06. The summed E-state index contributed by atoms with van der Waals surface area (Å²) in [7, 11) is 0. The maximum absolute atomic E-state index is 13.2. The van der Waals surface area contributed by atoms with Gasteiger partial charge in [-0.3, -0.25) is 14.4 Å². The van der Waals surface area contributed by atoms with Crippen LogP contribution < -0.4 is 0 Å². The van der Waals surface area contributed by atoms with Crippen molar-refractivity contribution in [2.45, 2.75) is 51.7 Å². The molecule has 3 aliphatic carbocycles. The molecule has 2 spiro atoms. The number of carbonyl (C=O) groups excluding carboxylic acids is 4. The number of aliphatic hydroxyl groups excluding tert-OH is 2. The molecule has 1 heterocycles. The number of rotatable bonds is 3. The standard InChI is InChI=1S/C22H28O8/c1-11-13-6-14(25)17-21(10-30-19(28)22(17,7-13)18(11)27)5-4-16(26)20(3,15(21)8-23)9-29-12(2)24/h8,13-17,25-26H,1,4-7,9-10H2,2-3H3/t13-,14-,15-,16+,17+,20+,21+,22+/m1/s1. The monoisotopic (exact) mass is 420 g/mol. The van der Waals surface area contributed by atoms with Crippen LogP contribution in [0.2, 0.25) is 0 Å². The molecule has 1 saturated heterocycles. The minimum atomic E-state index is -1.55. The fourth-order valence-electron chi connectivity index (χ4n) is 6.92. The summed E-state index contributed by atoms with van der Waals surface area (Å²) in [6, 6.07) is 0. The van der Waals surface area contributed by atoms with E-state index in [-0.39, 0.29) is 32.0 Å². The molecule has 0 aromatic heterocycles. The molecule has 8 heteroatoms. The molecule has 0 aromatic carbocycles. The van der Waals surface area contributed by atoms with Crippen molar-refractivity contribution in [3.63, 3.8) is 0 Å². The van der Waals surface area contributed by atoms with Gasteiger partial charge < -0.3 is 24.5 Å². The molecular formula is C22H28O8. The Morgan fingerprint density at radius 3 is 2.70 bits per heavy atom. The van der Waals surface area contributed by atoms with Crippen LogP contribution in [0.15, 0.2) is 12.2 Å². The van der Waals surface area contributed by atoms with Gasteiger partial charge in [-0.25, -0.2) is 0 Å². The first-order valence-electron chi connectivity index (χ1n) is 10.4. The summed E-state index contributed by atoms with van der Waals surface area (Å²) in [5, 5.41) is 21.9. The molecule has 0 radical (unpaired) electrons. The average Bonchev–Trinajstić information content (AvgIpc) is 2.89. The molecule has 164 valence electrons. The molecule has 0 amide bonds. The third-order valence-corrected chi connectivity index (χ3v) is 8.35. The highest BCUT2D eigenvalue weighted by Crippen LogP contribution is 2.67. The molecule has 4 rings (SSSR count). The third kappa shape index (κ3) is 2.46.